The zero-order valence-electron chi connectivity index (χ0n) is 19.4. The maximum atomic E-state index is 13.2. The van der Waals surface area contributed by atoms with Crippen molar-refractivity contribution in [2.24, 2.45) is 23.7 Å². The normalized spacial score (nSPS) is 25.4. The minimum atomic E-state index is -4.37. The van der Waals surface area contributed by atoms with Gasteiger partial charge in [0.1, 0.15) is 5.75 Å². The molecule has 0 aliphatic heterocycles. The number of halogens is 6. The Hall–Kier alpha value is -2.01. The van der Waals surface area contributed by atoms with Crippen LogP contribution in [0.1, 0.15) is 55.3 Å². The van der Waals surface area contributed by atoms with E-state index in [4.69, 9.17) is 0 Å². The summed E-state index contributed by atoms with van der Waals surface area (Å²) in [5.41, 5.74) is 0.757. The number of carbonyl (C=O) groups is 1. The smallest absolute Gasteiger partial charge is 0.394 e. The number of rotatable bonds is 8. The van der Waals surface area contributed by atoms with Crippen LogP contribution in [0.5, 0.6) is 5.75 Å². The summed E-state index contributed by atoms with van der Waals surface area (Å²) in [6, 6.07) is 4.54. The van der Waals surface area contributed by atoms with Gasteiger partial charge < -0.3 is 15.2 Å². The van der Waals surface area contributed by atoms with Crippen molar-refractivity contribution in [3.8, 4) is 5.75 Å². The van der Waals surface area contributed by atoms with Gasteiger partial charge in [-0.05, 0) is 90.8 Å². The number of ether oxygens (including phenoxy) is 1. The molecule has 4 rings (SSSR count). The zero-order chi connectivity index (χ0) is 26.0. The molecule has 2 aromatic rings. The van der Waals surface area contributed by atoms with Crippen LogP contribution in [0.3, 0.4) is 0 Å². The van der Waals surface area contributed by atoms with Crippen LogP contribution in [0.15, 0.2) is 28.9 Å². The molecule has 0 radical (unpaired) electrons. The van der Waals surface area contributed by atoms with Gasteiger partial charge in [0.15, 0.2) is 0 Å². The van der Waals surface area contributed by atoms with Gasteiger partial charge in [-0.15, -0.1) is 0 Å². The first kappa shape index (κ1) is 27.0. The van der Waals surface area contributed by atoms with Gasteiger partial charge in [-0.1, -0.05) is 0 Å². The first-order valence-electron chi connectivity index (χ1n) is 12.1. The molecule has 198 valence electrons. The minimum absolute atomic E-state index is 0.00507. The van der Waals surface area contributed by atoms with E-state index in [1.54, 1.807) is 12.1 Å². The number of pyridine rings is 1. The maximum absolute atomic E-state index is 13.2. The van der Waals surface area contributed by atoms with E-state index in [-0.39, 0.29) is 23.6 Å². The third-order valence-corrected chi connectivity index (χ3v) is 8.26. The summed E-state index contributed by atoms with van der Waals surface area (Å²) in [6.45, 7) is -3.82. The van der Waals surface area contributed by atoms with E-state index in [2.05, 4.69) is 31.0 Å². The van der Waals surface area contributed by atoms with Gasteiger partial charge in [-0.25, -0.2) is 0 Å². The molecular weight excluding hydrogens is 551 g/mol. The van der Waals surface area contributed by atoms with Crippen molar-refractivity contribution in [2.75, 3.05) is 6.61 Å². The zero-order valence-corrected chi connectivity index (χ0v) is 21.0. The molecule has 0 spiro atoms. The number of nitrogens with one attached hydrogen (secondary N) is 1. The van der Waals surface area contributed by atoms with Crippen molar-refractivity contribution in [2.45, 2.75) is 63.8 Å². The quantitative estimate of drug-likeness (QED) is 0.352. The Balaban J connectivity index is 1.29. The lowest BCUT2D eigenvalue weighted by Gasteiger charge is -2.44. The van der Waals surface area contributed by atoms with Crippen LogP contribution in [0.4, 0.5) is 22.0 Å². The summed E-state index contributed by atoms with van der Waals surface area (Å²) in [5, 5.41) is 12.9. The number of alkyl halides is 5. The summed E-state index contributed by atoms with van der Waals surface area (Å²) in [6.07, 6.45) is 2.20. The molecule has 0 saturated heterocycles. The number of aromatic nitrogens is 1. The number of hydrogen-bond acceptors (Lipinski definition) is 4. The Morgan fingerprint density at radius 2 is 1.86 bits per heavy atom. The Morgan fingerprint density at radius 3 is 2.44 bits per heavy atom. The third kappa shape index (κ3) is 6.27. The maximum Gasteiger partial charge on any atom is 0.394 e. The predicted octanol–water partition coefficient (Wildman–Crippen LogP) is 6.47. The van der Waals surface area contributed by atoms with E-state index in [1.165, 1.54) is 12.3 Å². The highest BCUT2D eigenvalue weighted by atomic mass is 79.9. The Labute approximate surface area is 213 Å². The number of fused-ring (bicyclic) bond motifs is 1. The molecule has 2 fully saturated rings. The number of carbonyl (C=O) groups excluding carboxylic acids is 1. The van der Waals surface area contributed by atoms with Crippen molar-refractivity contribution in [3.63, 3.8) is 0 Å². The highest BCUT2D eigenvalue weighted by Crippen LogP contribution is 2.49. The minimum Gasteiger partial charge on any atom is -0.434 e. The van der Waals surface area contributed by atoms with Crippen LogP contribution in [0.2, 0.25) is 0 Å². The first-order chi connectivity index (χ1) is 17.0. The molecule has 2 unspecified atom stereocenters. The van der Waals surface area contributed by atoms with E-state index < -0.39 is 31.2 Å². The van der Waals surface area contributed by atoms with Crippen molar-refractivity contribution in [1.29, 1.82) is 0 Å². The van der Waals surface area contributed by atoms with Crippen molar-refractivity contribution < 1.29 is 36.6 Å². The number of aliphatic hydroxyl groups excluding tert-OH is 1. The van der Waals surface area contributed by atoms with Crippen LogP contribution >= 0.6 is 15.9 Å². The molecule has 11 heteroatoms. The number of benzene rings is 1. The lowest BCUT2D eigenvalue weighted by atomic mass is 9.63. The molecule has 1 amide bonds. The average Bonchev–Trinajstić information content (AvgIpc) is 2.80. The van der Waals surface area contributed by atoms with E-state index >= 15 is 0 Å². The standard InChI is InChI=1S/C25H28BrF5N2O3/c26-20-9-15-8-16(11-32-21(15)10-22(20)36-24(27)28)23(35)33-17-4-1-13(2-5-17)7-14-3-6-18(14)19(12-34)25(29,30)31/h8-11,13-14,17-19,24,34H,1-7,12H2,(H,33,35)/t13-,14?,17-,18?,19-/m0/s1. The van der Waals surface area contributed by atoms with E-state index in [0.29, 0.717) is 33.3 Å². The third-order valence-electron chi connectivity index (χ3n) is 7.64. The molecule has 5 nitrogen and oxygen atoms in total. The Morgan fingerprint density at radius 1 is 1.14 bits per heavy atom. The second-order valence-electron chi connectivity index (χ2n) is 9.84. The van der Waals surface area contributed by atoms with E-state index in [0.717, 1.165) is 38.5 Å². The van der Waals surface area contributed by atoms with Crippen LogP contribution in [0, 0.1) is 23.7 Å². The molecular formula is C25H28BrF5N2O3. The molecule has 1 heterocycles. The topological polar surface area (TPSA) is 71.5 Å². The molecule has 3 atom stereocenters. The summed E-state index contributed by atoms with van der Waals surface area (Å²) in [4.78, 5) is 17.0. The van der Waals surface area contributed by atoms with Gasteiger partial charge >= 0.3 is 12.8 Å². The second kappa shape index (κ2) is 11.2. The first-order valence-corrected chi connectivity index (χ1v) is 12.9. The number of hydrogen-bond donors (Lipinski definition) is 2. The van der Waals surface area contributed by atoms with Gasteiger partial charge in [0.2, 0.25) is 0 Å². The van der Waals surface area contributed by atoms with Gasteiger partial charge in [0.05, 0.1) is 28.1 Å². The lowest BCUT2D eigenvalue weighted by molar-refractivity contribution is -0.214. The number of nitrogens with zero attached hydrogens (tertiary/aromatic N) is 1. The fourth-order valence-electron chi connectivity index (χ4n) is 5.58. The average molecular weight is 579 g/mol. The SMILES string of the molecule is O=C(N[C@H]1CC[C@H](CC2CCC2[C@H](CO)C(F)(F)F)CC1)c1cnc2cc(OC(F)F)c(Br)cc2c1. The summed E-state index contributed by atoms with van der Waals surface area (Å²) < 4.78 is 69.4. The Kier molecular flexibility index (Phi) is 8.38. The van der Waals surface area contributed by atoms with Crippen LogP contribution in [-0.4, -0.2) is 41.4 Å². The Bertz CT molecular complexity index is 1080. The molecule has 2 saturated carbocycles. The predicted molar refractivity (Wildman–Crippen MR) is 127 cm³/mol. The van der Waals surface area contributed by atoms with Gasteiger partial charge in [0, 0.05) is 23.7 Å². The molecule has 2 aliphatic rings. The molecule has 0 bridgehead atoms. The molecule has 1 aromatic heterocycles. The number of amides is 1. The molecule has 36 heavy (non-hydrogen) atoms. The van der Waals surface area contributed by atoms with Crippen LogP contribution in [-0.2, 0) is 0 Å². The van der Waals surface area contributed by atoms with Gasteiger partial charge in [-0.3, -0.25) is 9.78 Å². The molecule has 2 aliphatic carbocycles. The fraction of sp³-hybridized carbons (Fsp3) is 0.600. The van der Waals surface area contributed by atoms with Gasteiger partial charge in [0.25, 0.3) is 5.91 Å². The van der Waals surface area contributed by atoms with Gasteiger partial charge in [-0.2, -0.15) is 22.0 Å². The summed E-state index contributed by atoms with van der Waals surface area (Å²) >= 11 is 3.19. The van der Waals surface area contributed by atoms with Crippen LogP contribution < -0.4 is 10.1 Å². The molecule has 1 aromatic carbocycles. The van der Waals surface area contributed by atoms with Crippen LogP contribution in [0.25, 0.3) is 10.9 Å². The fourth-order valence-corrected chi connectivity index (χ4v) is 6.03. The van der Waals surface area contributed by atoms with Crippen molar-refractivity contribution >= 4 is 32.7 Å². The van der Waals surface area contributed by atoms with E-state index in [9.17, 15) is 31.9 Å². The second-order valence-corrected chi connectivity index (χ2v) is 10.7. The number of aliphatic hydroxyl groups is 1. The largest absolute Gasteiger partial charge is 0.434 e. The van der Waals surface area contributed by atoms with Crippen molar-refractivity contribution in [3.05, 3.63) is 34.4 Å². The monoisotopic (exact) mass is 578 g/mol. The van der Waals surface area contributed by atoms with E-state index in [1.807, 2.05) is 0 Å². The highest BCUT2D eigenvalue weighted by molar-refractivity contribution is 9.10. The summed E-state index contributed by atoms with van der Waals surface area (Å²) in [7, 11) is 0. The molecule has 2 N–H and O–H groups in total. The highest BCUT2D eigenvalue weighted by Gasteiger charge is 2.50. The summed E-state index contributed by atoms with van der Waals surface area (Å²) in [5.74, 6) is -2.14. The lowest BCUT2D eigenvalue weighted by Crippen LogP contribution is -2.43. The van der Waals surface area contributed by atoms with Crippen molar-refractivity contribution in [1.82, 2.24) is 10.3 Å².